The summed E-state index contributed by atoms with van der Waals surface area (Å²) in [7, 11) is 0. The van der Waals surface area contributed by atoms with E-state index in [2.05, 4.69) is 41.8 Å². The molecule has 1 aliphatic rings. The fraction of sp³-hybridized carbons (Fsp3) is 0.381. The number of nitrogens with one attached hydrogen (secondary N) is 2. The number of carbonyl (C=O) groups is 1. The Morgan fingerprint density at radius 1 is 1.04 bits per heavy atom. The number of aryl methyl sites for hydroxylation is 1. The highest BCUT2D eigenvalue weighted by Gasteiger charge is 2.19. The van der Waals surface area contributed by atoms with Crippen molar-refractivity contribution in [2.24, 2.45) is 0 Å². The summed E-state index contributed by atoms with van der Waals surface area (Å²) < 4.78 is 5.83. The summed E-state index contributed by atoms with van der Waals surface area (Å²) >= 11 is 0. The van der Waals surface area contributed by atoms with Crippen molar-refractivity contribution in [3.63, 3.8) is 0 Å². The first-order valence-electron chi connectivity index (χ1n) is 8.99. The second-order valence-electron chi connectivity index (χ2n) is 6.64. The monoisotopic (exact) mass is 338 g/mol. The van der Waals surface area contributed by atoms with Crippen molar-refractivity contribution in [1.82, 2.24) is 10.6 Å². The van der Waals surface area contributed by atoms with Gasteiger partial charge in [-0.3, -0.25) is 4.79 Å². The molecule has 0 bridgehead atoms. The van der Waals surface area contributed by atoms with Crippen molar-refractivity contribution >= 4 is 5.91 Å². The second kappa shape index (κ2) is 8.67. The maximum Gasteiger partial charge on any atom is 0.237 e. The Balaban J connectivity index is 1.48. The topological polar surface area (TPSA) is 50.4 Å². The molecule has 2 N–H and O–H groups in total. The van der Waals surface area contributed by atoms with E-state index in [4.69, 9.17) is 4.74 Å². The van der Waals surface area contributed by atoms with Crippen LogP contribution in [0.2, 0.25) is 0 Å². The average molecular weight is 338 g/mol. The van der Waals surface area contributed by atoms with Crippen molar-refractivity contribution in [2.75, 3.05) is 6.54 Å². The van der Waals surface area contributed by atoms with Gasteiger partial charge in [0, 0.05) is 13.1 Å². The third kappa shape index (κ3) is 5.33. The number of carbonyl (C=O) groups excluding carboxylic acids is 1. The summed E-state index contributed by atoms with van der Waals surface area (Å²) in [4.78, 5) is 11.9. The van der Waals surface area contributed by atoms with Crippen molar-refractivity contribution in [2.45, 2.75) is 45.4 Å². The molecule has 1 aliphatic heterocycles. The van der Waals surface area contributed by atoms with Gasteiger partial charge in [-0.05, 0) is 49.4 Å². The Kier molecular flexibility index (Phi) is 6.07. The van der Waals surface area contributed by atoms with Crippen molar-refractivity contribution < 1.29 is 9.53 Å². The fourth-order valence-corrected chi connectivity index (χ4v) is 2.93. The highest BCUT2D eigenvalue weighted by molar-refractivity contribution is 5.81. The number of amides is 1. The number of hydrogen-bond acceptors (Lipinski definition) is 3. The van der Waals surface area contributed by atoms with Crippen LogP contribution in [-0.2, 0) is 17.9 Å². The molecule has 0 radical (unpaired) electrons. The molecule has 4 heteroatoms. The van der Waals surface area contributed by atoms with E-state index >= 15 is 0 Å². The molecule has 0 saturated carbocycles. The summed E-state index contributed by atoms with van der Waals surface area (Å²) in [5.74, 6) is 0.979. The fourth-order valence-electron chi connectivity index (χ4n) is 2.93. The van der Waals surface area contributed by atoms with Crippen LogP contribution >= 0.6 is 0 Å². The first kappa shape index (κ1) is 17.5. The van der Waals surface area contributed by atoms with E-state index in [-0.39, 0.29) is 11.9 Å². The highest BCUT2D eigenvalue weighted by atomic mass is 16.5. The molecule has 25 heavy (non-hydrogen) atoms. The summed E-state index contributed by atoms with van der Waals surface area (Å²) in [5, 5.41) is 6.31. The van der Waals surface area contributed by atoms with Gasteiger partial charge in [0.1, 0.15) is 12.4 Å². The number of rotatable bonds is 6. The van der Waals surface area contributed by atoms with Crippen LogP contribution in [0.5, 0.6) is 5.75 Å². The third-order valence-electron chi connectivity index (χ3n) is 4.54. The lowest BCUT2D eigenvalue weighted by Gasteiger charge is -2.15. The SMILES string of the molecule is Cc1ccc(COc2ccc(CNC3CCCCNC3=O)cc2)cc1. The van der Waals surface area contributed by atoms with Gasteiger partial charge in [-0.25, -0.2) is 0 Å². The van der Waals surface area contributed by atoms with Gasteiger partial charge in [0.05, 0.1) is 6.04 Å². The number of benzene rings is 2. The first-order valence-corrected chi connectivity index (χ1v) is 8.99. The van der Waals surface area contributed by atoms with Gasteiger partial charge in [-0.1, -0.05) is 42.0 Å². The van der Waals surface area contributed by atoms with E-state index in [1.807, 2.05) is 24.3 Å². The van der Waals surface area contributed by atoms with Gasteiger partial charge >= 0.3 is 0 Å². The smallest absolute Gasteiger partial charge is 0.237 e. The predicted molar refractivity (Wildman–Crippen MR) is 99.4 cm³/mol. The Morgan fingerprint density at radius 3 is 2.52 bits per heavy atom. The molecule has 4 nitrogen and oxygen atoms in total. The lowest BCUT2D eigenvalue weighted by Crippen LogP contribution is -2.42. The minimum Gasteiger partial charge on any atom is -0.489 e. The zero-order chi connectivity index (χ0) is 17.5. The zero-order valence-electron chi connectivity index (χ0n) is 14.8. The molecule has 0 aromatic heterocycles. The average Bonchev–Trinajstić information content (AvgIpc) is 2.84. The van der Waals surface area contributed by atoms with Crippen LogP contribution in [0, 0.1) is 6.92 Å². The Hall–Kier alpha value is -2.33. The minimum atomic E-state index is -0.0834. The quantitative estimate of drug-likeness (QED) is 0.849. The summed E-state index contributed by atoms with van der Waals surface area (Å²) in [5.41, 5.74) is 3.57. The summed E-state index contributed by atoms with van der Waals surface area (Å²) in [6.07, 6.45) is 3.06. The van der Waals surface area contributed by atoms with Crippen LogP contribution in [-0.4, -0.2) is 18.5 Å². The van der Waals surface area contributed by atoms with Crippen LogP contribution < -0.4 is 15.4 Å². The van der Waals surface area contributed by atoms with Crippen LogP contribution in [0.3, 0.4) is 0 Å². The van der Waals surface area contributed by atoms with Crippen molar-refractivity contribution in [3.05, 3.63) is 65.2 Å². The van der Waals surface area contributed by atoms with Gasteiger partial charge in [-0.15, -0.1) is 0 Å². The molecule has 132 valence electrons. The molecule has 3 rings (SSSR count). The van der Waals surface area contributed by atoms with Crippen LogP contribution in [0.25, 0.3) is 0 Å². The zero-order valence-corrected chi connectivity index (χ0v) is 14.8. The Bertz CT molecular complexity index is 680. The standard InChI is InChI=1S/C21H26N2O2/c1-16-5-7-18(8-6-16)15-25-19-11-9-17(10-12-19)14-23-20-4-2-3-13-22-21(20)24/h5-12,20,23H,2-4,13-15H2,1H3,(H,22,24). The van der Waals surface area contributed by atoms with E-state index in [1.165, 1.54) is 5.56 Å². The Labute approximate surface area is 149 Å². The minimum absolute atomic E-state index is 0.0834. The van der Waals surface area contributed by atoms with Gasteiger partial charge in [-0.2, -0.15) is 0 Å². The van der Waals surface area contributed by atoms with Gasteiger partial charge in [0.15, 0.2) is 0 Å². The highest BCUT2D eigenvalue weighted by Crippen LogP contribution is 2.15. The first-order chi connectivity index (χ1) is 12.2. The molecular formula is C21H26N2O2. The van der Waals surface area contributed by atoms with E-state index in [0.29, 0.717) is 13.2 Å². The maximum atomic E-state index is 11.9. The number of ether oxygens (including phenoxy) is 1. The summed E-state index contributed by atoms with van der Waals surface area (Å²) in [6.45, 7) is 4.14. The van der Waals surface area contributed by atoms with Gasteiger partial charge in [0.25, 0.3) is 0 Å². The molecule has 1 unspecified atom stereocenters. The molecule has 1 saturated heterocycles. The van der Waals surface area contributed by atoms with Crippen molar-refractivity contribution in [3.8, 4) is 5.75 Å². The van der Waals surface area contributed by atoms with Crippen molar-refractivity contribution in [1.29, 1.82) is 0 Å². The van der Waals surface area contributed by atoms with Gasteiger partial charge in [0.2, 0.25) is 5.91 Å². The van der Waals surface area contributed by atoms with Crippen LogP contribution in [0.1, 0.15) is 36.0 Å². The number of hydrogen-bond donors (Lipinski definition) is 2. The molecule has 1 atom stereocenters. The molecule has 2 aromatic carbocycles. The normalized spacial score (nSPS) is 17.6. The molecule has 0 aliphatic carbocycles. The van der Waals surface area contributed by atoms with E-state index < -0.39 is 0 Å². The molecule has 1 heterocycles. The van der Waals surface area contributed by atoms with E-state index in [1.54, 1.807) is 0 Å². The lowest BCUT2D eigenvalue weighted by molar-refractivity contribution is -0.122. The predicted octanol–water partition coefficient (Wildman–Crippen LogP) is 3.33. The molecule has 1 amide bonds. The van der Waals surface area contributed by atoms with Crippen LogP contribution in [0.4, 0.5) is 0 Å². The third-order valence-corrected chi connectivity index (χ3v) is 4.54. The molecule has 1 fully saturated rings. The lowest BCUT2D eigenvalue weighted by atomic mass is 10.1. The maximum absolute atomic E-state index is 11.9. The van der Waals surface area contributed by atoms with E-state index in [0.717, 1.165) is 42.7 Å². The Morgan fingerprint density at radius 2 is 1.76 bits per heavy atom. The summed E-state index contributed by atoms with van der Waals surface area (Å²) in [6, 6.07) is 16.3. The molecular weight excluding hydrogens is 312 g/mol. The van der Waals surface area contributed by atoms with E-state index in [9.17, 15) is 4.79 Å². The van der Waals surface area contributed by atoms with Crippen LogP contribution in [0.15, 0.2) is 48.5 Å². The second-order valence-corrected chi connectivity index (χ2v) is 6.64. The molecule has 0 spiro atoms. The van der Waals surface area contributed by atoms with Gasteiger partial charge < -0.3 is 15.4 Å². The molecule has 2 aromatic rings. The largest absolute Gasteiger partial charge is 0.489 e.